The van der Waals surface area contributed by atoms with Gasteiger partial charge in [-0.05, 0) is 78.2 Å². The first kappa shape index (κ1) is 26.6. The second-order valence-electron chi connectivity index (χ2n) is 9.19. The van der Waals surface area contributed by atoms with Gasteiger partial charge in [0, 0.05) is 16.8 Å². The number of amides is 1. The Balaban J connectivity index is 1.21. The maximum atomic E-state index is 13.1. The molecule has 1 amide bonds. The third-order valence-corrected chi connectivity index (χ3v) is 6.34. The van der Waals surface area contributed by atoms with Crippen molar-refractivity contribution in [1.82, 2.24) is 0 Å². The SMILES string of the molecule is CCOc1ccc(C(=O)Nc2ccc(OCc3ccccc3)cc2)cc1COc1ccc(-c2ccccc2)cc1. The highest BCUT2D eigenvalue weighted by Gasteiger charge is 2.12. The molecule has 40 heavy (non-hydrogen) atoms. The van der Waals surface area contributed by atoms with Crippen LogP contribution in [0.2, 0.25) is 0 Å². The van der Waals surface area contributed by atoms with E-state index in [4.69, 9.17) is 14.2 Å². The van der Waals surface area contributed by atoms with Gasteiger partial charge in [0.1, 0.15) is 30.5 Å². The van der Waals surface area contributed by atoms with E-state index in [1.54, 1.807) is 6.07 Å². The number of nitrogens with one attached hydrogen (secondary N) is 1. The first-order chi connectivity index (χ1) is 19.7. The van der Waals surface area contributed by atoms with Crippen LogP contribution in [0, 0.1) is 0 Å². The van der Waals surface area contributed by atoms with Gasteiger partial charge >= 0.3 is 0 Å². The minimum atomic E-state index is -0.213. The molecule has 5 nitrogen and oxygen atoms in total. The van der Waals surface area contributed by atoms with Gasteiger partial charge in [0.2, 0.25) is 0 Å². The second-order valence-corrected chi connectivity index (χ2v) is 9.19. The normalized spacial score (nSPS) is 10.5. The largest absolute Gasteiger partial charge is 0.493 e. The summed E-state index contributed by atoms with van der Waals surface area (Å²) >= 11 is 0. The van der Waals surface area contributed by atoms with E-state index in [1.165, 1.54) is 0 Å². The summed E-state index contributed by atoms with van der Waals surface area (Å²) in [5.41, 5.74) is 5.37. The summed E-state index contributed by atoms with van der Waals surface area (Å²) in [5.74, 6) is 1.96. The zero-order valence-corrected chi connectivity index (χ0v) is 22.4. The van der Waals surface area contributed by atoms with E-state index in [2.05, 4.69) is 17.4 Å². The molecule has 0 saturated heterocycles. The molecule has 5 heteroatoms. The third-order valence-electron chi connectivity index (χ3n) is 6.34. The van der Waals surface area contributed by atoms with Gasteiger partial charge in [0.25, 0.3) is 5.91 Å². The summed E-state index contributed by atoms with van der Waals surface area (Å²) in [4.78, 5) is 13.1. The maximum absolute atomic E-state index is 13.1. The number of rotatable bonds is 11. The molecular weight excluding hydrogens is 498 g/mol. The van der Waals surface area contributed by atoms with Crippen LogP contribution in [0.5, 0.6) is 17.2 Å². The summed E-state index contributed by atoms with van der Waals surface area (Å²) in [6.45, 7) is 3.21. The van der Waals surface area contributed by atoms with E-state index < -0.39 is 0 Å². The molecule has 0 spiro atoms. The predicted octanol–water partition coefficient (Wildman–Crippen LogP) is 8.16. The lowest BCUT2D eigenvalue weighted by atomic mass is 10.1. The van der Waals surface area contributed by atoms with Crippen LogP contribution < -0.4 is 19.5 Å². The number of hydrogen-bond donors (Lipinski definition) is 1. The average Bonchev–Trinajstić information content (AvgIpc) is 3.01. The zero-order valence-electron chi connectivity index (χ0n) is 22.4. The molecular formula is C35H31NO4. The topological polar surface area (TPSA) is 56.8 Å². The molecule has 5 rings (SSSR count). The van der Waals surface area contributed by atoms with Gasteiger partial charge < -0.3 is 19.5 Å². The molecule has 0 atom stereocenters. The van der Waals surface area contributed by atoms with Crippen LogP contribution in [-0.4, -0.2) is 12.5 Å². The van der Waals surface area contributed by atoms with E-state index in [1.807, 2.05) is 116 Å². The van der Waals surface area contributed by atoms with E-state index in [9.17, 15) is 4.79 Å². The molecule has 0 heterocycles. The van der Waals surface area contributed by atoms with Crippen LogP contribution in [0.1, 0.15) is 28.4 Å². The molecule has 0 unspecified atom stereocenters. The highest BCUT2D eigenvalue weighted by molar-refractivity contribution is 6.04. The number of ether oxygens (including phenoxy) is 3. The molecule has 0 aromatic heterocycles. The highest BCUT2D eigenvalue weighted by atomic mass is 16.5. The van der Waals surface area contributed by atoms with E-state index in [0.29, 0.717) is 30.2 Å². The molecule has 200 valence electrons. The quantitative estimate of drug-likeness (QED) is 0.188. The summed E-state index contributed by atoms with van der Waals surface area (Å²) in [5, 5.41) is 2.96. The smallest absolute Gasteiger partial charge is 0.255 e. The summed E-state index contributed by atoms with van der Waals surface area (Å²) in [6, 6.07) is 40.9. The lowest BCUT2D eigenvalue weighted by molar-refractivity contribution is 0.102. The molecule has 0 aliphatic heterocycles. The van der Waals surface area contributed by atoms with Crippen LogP contribution in [0.25, 0.3) is 11.1 Å². The lowest BCUT2D eigenvalue weighted by Gasteiger charge is -2.14. The first-order valence-corrected chi connectivity index (χ1v) is 13.3. The van der Waals surface area contributed by atoms with Crippen molar-refractivity contribution in [2.45, 2.75) is 20.1 Å². The summed E-state index contributed by atoms with van der Waals surface area (Å²) in [7, 11) is 0. The van der Waals surface area contributed by atoms with Crippen molar-refractivity contribution in [2.24, 2.45) is 0 Å². The second kappa shape index (κ2) is 13.2. The standard InChI is InChI=1S/C35H31NO4/c1-2-38-34-22-15-29(23-30(34)25-40-32-18-13-28(14-19-32)27-11-7-4-8-12-27)35(37)36-31-16-20-33(21-17-31)39-24-26-9-5-3-6-10-26/h3-23H,2,24-25H2,1H3,(H,36,37). The van der Waals surface area contributed by atoms with Crippen LogP contribution in [-0.2, 0) is 13.2 Å². The van der Waals surface area contributed by atoms with Crippen molar-refractivity contribution >= 4 is 11.6 Å². The summed E-state index contributed by atoms with van der Waals surface area (Å²) < 4.78 is 17.7. The zero-order chi connectivity index (χ0) is 27.6. The Morgan fingerprint density at radius 3 is 1.90 bits per heavy atom. The van der Waals surface area contributed by atoms with Gasteiger partial charge in [0.05, 0.1) is 6.61 Å². The van der Waals surface area contributed by atoms with Gasteiger partial charge in [-0.2, -0.15) is 0 Å². The first-order valence-electron chi connectivity index (χ1n) is 13.3. The average molecular weight is 530 g/mol. The molecule has 1 N–H and O–H groups in total. The highest BCUT2D eigenvalue weighted by Crippen LogP contribution is 2.26. The van der Waals surface area contributed by atoms with E-state index >= 15 is 0 Å². The van der Waals surface area contributed by atoms with Gasteiger partial charge in [-0.15, -0.1) is 0 Å². The molecule has 0 radical (unpaired) electrons. The number of anilines is 1. The molecule has 0 aliphatic carbocycles. The molecule has 5 aromatic carbocycles. The number of hydrogen-bond acceptors (Lipinski definition) is 4. The monoisotopic (exact) mass is 529 g/mol. The maximum Gasteiger partial charge on any atom is 0.255 e. The van der Waals surface area contributed by atoms with Gasteiger partial charge in [0.15, 0.2) is 0 Å². The number of carbonyl (C=O) groups is 1. The fourth-order valence-electron chi connectivity index (χ4n) is 4.24. The summed E-state index contributed by atoms with van der Waals surface area (Å²) in [6.07, 6.45) is 0. The van der Waals surface area contributed by atoms with Crippen LogP contribution in [0.4, 0.5) is 5.69 Å². The fourth-order valence-corrected chi connectivity index (χ4v) is 4.24. The van der Waals surface area contributed by atoms with Gasteiger partial charge in [-0.1, -0.05) is 72.8 Å². The predicted molar refractivity (Wildman–Crippen MR) is 159 cm³/mol. The van der Waals surface area contributed by atoms with Crippen molar-refractivity contribution in [2.75, 3.05) is 11.9 Å². The molecule has 0 bridgehead atoms. The molecule has 0 fully saturated rings. The molecule has 5 aromatic rings. The molecule has 0 aliphatic rings. The Bertz CT molecular complexity index is 1520. The van der Waals surface area contributed by atoms with Gasteiger partial charge in [-0.25, -0.2) is 0 Å². The van der Waals surface area contributed by atoms with Crippen molar-refractivity contribution < 1.29 is 19.0 Å². The van der Waals surface area contributed by atoms with E-state index in [-0.39, 0.29) is 12.5 Å². The minimum absolute atomic E-state index is 0.213. The van der Waals surface area contributed by atoms with Crippen LogP contribution >= 0.6 is 0 Å². The number of benzene rings is 5. The van der Waals surface area contributed by atoms with Crippen LogP contribution in [0.3, 0.4) is 0 Å². The van der Waals surface area contributed by atoms with Gasteiger partial charge in [-0.3, -0.25) is 4.79 Å². The van der Waals surface area contributed by atoms with E-state index in [0.717, 1.165) is 33.8 Å². The van der Waals surface area contributed by atoms with Crippen molar-refractivity contribution in [3.63, 3.8) is 0 Å². The van der Waals surface area contributed by atoms with Crippen molar-refractivity contribution in [3.05, 3.63) is 144 Å². The Morgan fingerprint density at radius 1 is 0.625 bits per heavy atom. The minimum Gasteiger partial charge on any atom is -0.493 e. The Morgan fingerprint density at radius 2 is 1.23 bits per heavy atom. The lowest BCUT2D eigenvalue weighted by Crippen LogP contribution is -2.13. The molecule has 0 saturated carbocycles. The number of carbonyl (C=O) groups excluding carboxylic acids is 1. The Labute approximate surface area is 235 Å². The van der Waals surface area contributed by atoms with Crippen molar-refractivity contribution in [3.8, 4) is 28.4 Å². The third kappa shape index (κ3) is 7.08. The van der Waals surface area contributed by atoms with Crippen LogP contribution in [0.15, 0.2) is 127 Å². The fraction of sp³-hybridized carbons (Fsp3) is 0.114. The Hall–Kier alpha value is -5.03. The Kier molecular flexibility index (Phi) is 8.74. The van der Waals surface area contributed by atoms with Crippen molar-refractivity contribution in [1.29, 1.82) is 0 Å².